The smallest absolute Gasteiger partial charge is 0.407 e. The number of aliphatic hydroxyl groups is 1. The van der Waals surface area contributed by atoms with Crippen LogP contribution in [0.15, 0.2) is 48.5 Å². The Bertz CT molecular complexity index is 915. The number of alkyl carbamates (subject to hydrolysis) is 1. The summed E-state index contributed by atoms with van der Waals surface area (Å²) in [5, 5.41) is 22.8. The van der Waals surface area contributed by atoms with Crippen molar-refractivity contribution in [2.75, 3.05) is 13.2 Å². The second-order valence-electron chi connectivity index (χ2n) is 7.55. The number of fused-ring (bicyclic) bond motifs is 3. The Morgan fingerprint density at radius 3 is 2.13 bits per heavy atom. The van der Waals surface area contributed by atoms with Gasteiger partial charge in [-0.3, -0.25) is 4.79 Å². The molecule has 2 aromatic rings. The summed E-state index contributed by atoms with van der Waals surface area (Å²) in [7, 11) is 0. The molecule has 2 atom stereocenters. The molecule has 0 saturated heterocycles. The van der Waals surface area contributed by atoms with Gasteiger partial charge in [0.25, 0.3) is 0 Å². The number of benzene rings is 2. The van der Waals surface area contributed by atoms with Crippen molar-refractivity contribution in [1.29, 1.82) is 0 Å². The van der Waals surface area contributed by atoms with E-state index < -0.39 is 30.1 Å². The van der Waals surface area contributed by atoms with Crippen LogP contribution in [0.25, 0.3) is 11.1 Å². The molecule has 0 saturated carbocycles. The summed E-state index contributed by atoms with van der Waals surface area (Å²) >= 11 is 0. The van der Waals surface area contributed by atoms with Gasteiger partial charge in [0, 0.05) is 31.4 Å². The molecule has 2 aromatic carbocycles. The number of rotatable bonds is 9. The zero-order chi connectivity index (χ0) is 22.4. The Labute approximate surface area is 180 Å². The normalized spacial score (nSPS) is 14.1. The third kappa shape index (κ3) is 5.40. The van der Waals surface area contributed by atoms with E-state index in [1.807, 2.05) is 36.4 Å². The molecule has 3 rings (SSSR count). The number of amides is 2. The summed E-state index contributed by atoms with van der Waals surface area (Å²) in [4.78, 5) is 35.3. The molecule has 1 aliphatic carbocycles. The second kappa shape index (κ2) is 10.1. The quantitative estimate of drug-likeness (QED) is 0.487. The highest BCUT2D eigenvalue weighted by molar-refractivity contribution is 5.84. The molecule has 2 amide bonds. The van der Waals surface area contributed by atoms with Gasteiger partial charge in [-0.2, -0.15) is 0 Å². The van der Waals surface area contributed by atoms with Crippen LogP contribution >= 0.6 is 0 Å². The molecule has 0 aliphatic heterocycles. The van der Waals surface area contributed by atoms with Crippen molar-refractivity contribution < 1.29 is 29.3 Å². The van der Waals surface area contributed by atoms with Gasteiger partial charge in [-0.25, -0.2) is 9.59 Å². The molecular weight excluding hydrogens is 400 g/mol. The van der Waals surface area contributed by atoms with Crippen LogP contribution in [0.3, 0.4) is 0 Å². The minimum Gasteiger partial charge on any atom is -0.480 e. The molecule has 0 spiro atoms. The van der Waals surface area contributed by atoms with Crippen molar-refractivity contribution >= 4 is 18.0 Å². The summed E-state index contributed by atoms with van der Waals surface area (Å²) in [6, 6.07) is 14.3. The molecule has 0 heterocycles. The van der Waals surface area contributed by atoms with E-state index in [-0.39, 0.29) is 32.0 Å². The number of carboxylic acids is 1. The van der Waals surface area contributed by atoms with E-state index in [0.29, 0.717) is 0 Å². The zero-order valence-electron chi connectivity index (χ0n) is 17.2. The summed E-state index contributed by atoms with van der Waals surface area (Å²) < 4.78 is 5.44. The van der Waals surface area contributed by atoms with E-state index >= 15 is 0 Å². The molecule has 164 valence electrons. The number of aliphatic carboxylic acids is 1. The average Bonchev–Trinajstić information content (AvgIpc) is 3.05. The first-order valence-corrected chi connectivity index (χ1v) is 10.1. The van der Waals surface area contributed by atoms with Crippen molar-refractivity contribution in [3.63, 3.8) is 0 Å². The number of nitrogens with one attached hydrogen (secondary N) is 2. The van der Waals surface area contributed by atoms with Gasteiger partial charge in [0.05, 0.1) is 0 Å². The van der Waals surface area contributed by atoms with Crippen LogP contribution in [-0.2, 0) is 14.3 Å². The van der Waals surface area contributed by atoms with Gasteiger partial charge in [-0.1, -0.05) is 48.5 Å². The van der Waals surface area contributed by atoms with Crippen LogP contribution in [0.2, 0.25) is 0 Å². The average molecular weight is 426 g/mol. The standard InChI is InChI=1S/C23H26N2O6/c1-14(12-21(27)25-20(10-11-26)22(28)29)24-23(30)31-13-19-17-8-4-2-6-15(17)16-7-3-5-9-18(16)19/h2-9,14,19-20,26H,10-13H2,1H3,(H,24,30)(H,25,27)(H,28,29)/t14-,20-/m1/s1. The predicted molar refractivity (Wildman–Crippen MR) is 114 cm³/mol. The van der Waals surface area contributed by atoms with Gasteiger partial charge >= 0.3 is 12.1 Å². The summed E-state index contributed by atoms with van der Waals surface area (Å²) in [5.74, 6) is -1.82. The molecule has 0 fully saturated rings. The first-order chi connectivity index (χ1) is 14.9. The molecular formula is C23H26N2O6. The fraction of sp³-hybridized carbons (Fsp3) is 0.348. The lowest BCUT2D eigenvalue weighted by Gasteiger charge is -2.18. The topological polar surface area (TPSA) is 125 Å². The molecule has 0 radical (unpaired) electrons. The number of aliphatic hydroxyl groups excluding tert-OH is 1. The Hall–Kier alpha value is -3.39. The Balaban J connectivity index is 1.52. The van der Waals surface area contributed by atoms with Crippen LogP contribution in [0.1, 0.15) is 36.8 Å². The van der Waals surface area contributed by atoms with Crippen molar-refractivity contribution in [3.05, 3.63) is 59.7 Å². The fourth-order valence-electron chi connectivity index (χ4n) is 3.81. The second-order valence-corrected chi connectivity index (χ2v) is 7.55. The minimum atomic E-state index is -1.22. The van der Waals surface area contributed by atoms with Gasteiger partial charge in [0.1, 0.15) is 12.6 Å². The third-order valence-electron chi connectivity index (χ3n) is 5.25. The highest BCUT2D eigenvalue weighted by Crippen LogP contribution is 2.44. The van der Waals surface area contributed by atoms with Crippen molar-refractivity contribution in [1.82, 2.24) is 10.6 Å². The largest absolute Gasteiger partial charge is 0.480 e. The first kappa shape index (κ1) is 22.3. The van der Waals surface area contributed by atoms with Crippen molar-refractivity contribution in [2.24, 2.45) is 0 Å². The Kier molecular flexibility index (Phi) is 7.25. The first-order valence-electron chi connectivity index (χ1n) is 10.1. The number of ether oxygens (including phenoxy) is 1. The highest BCUT2D eigenvalue weighted by Gasteiger charge is 2.29. The van der Waals surface area contributed by atoms with E-state index in [9.17, 15) is 14.4 Å². The van der Waals surface area contributed by atoms with Crippen molar-refractivity contribution in [3.8, 4) is 11.1 Å². The van der Waals surface area contributed by atoms with E-state index in [1.54, 1.807) is 6.92 Å². The molecule has 0 aromatic heterocycles. The molecule has 1 aliphatic rings. The molecule has 4 N–H and O–H groups in total. The number of carbonyl (C=O) groups is 3. The Morgan fingerprint density at radius 1 is 1.00 bits per heavy atom. The number of hydrogen-bond acceptors (Lipinski definition) is 5. The monoisotopic (exact) mass is 426 g/mol. The molecule has 0 bridgehead atoms. The lowest BCUT2D eigenvalue weighted by Crippen LogP contribution is -2.44. The molecule has 8 heteroatoms. The van der Waals surface area contributed by atoms with E-state index in [2.05, 4.69) is 22.8 Å². The highest BCUT2D eigenvalue weighted by atomic mass is 16.5. The number of carboxylic acid groups (broad SMARTS) is 1. The summed E-state index contributed by atoms with van der Waals surface area (Å²) in [6.07, 6.45) is -0.846. The van der Waals surface area contributed by atoms with E-state index in [1.165, 1.54) is 0 Å². The van der Waals surface area contributed by atoms with E-state index in [4.69, 9.17) is 14.9 Å². The maximum atomic E-state index is 12.3. The van der Waals surface area contributed by atoms with Crippen LogP contribution < -0.4 is 10.6 Å². The van der Waals surface area contributed by atoms with Crippen LogP contribution in [-0.4, -0.2) is 53.5 Å². The van der Waals surface area contributed by atoms with Crippen LogP contribution in [0, 0.1) is 0 Å². The number of carbonyl (C=O) groups excluding carboxylic acids is 2. The lowest BCUT2D eigenvalue weighted by molar-refractivity contribution is -0.142. The minimum absolute atomic E-state index is 0.0634. The summed E-state index contributed by atoms with van der Waals surface area (Å²) in [5.41, 5.74) is 4.47. The Morgan fingerprint density at radius 2 is 1.58 bits per heavy atom. The van der Waals surface area contributed by atoms with Crippen LogP contribution in [0.4, 0.5) is 4.79 Å². The summed E-state index contributed by atoms with van der Waals surface area (Å²) in [6.45, 7) is 1.43. The van der Waals surface area contributed by atoms with E-state index in [0.717, 1.165) is 22.3 Å². The maximum Gasteiger partial charge on any atom is 0.407 e. The van der Waals surface area contributed by atoms with Gasteiger partial charge in [0.2, 0.25) is 5.91 Å². The predicted octanol–water partition coefficient (Wildman–Crippen LogP) is 2.26. The van der Waals surface area contributed by atoms with Gasteiger partial charge in [-0.15, -0.1) is 0 Å². The fourth-order valence-corrected chi connectivity index (χ4v) is 3.81. The van der Waals surface area contributed by atoms with Gasteiger partial charge < -0.3 is 25.6 Å². The van der Waals surface area contributed by atoms with Crippen LogP contribution in [0.5, 0.6) is 0 Å². The molecule has 0 unspecified atom stereocenters. The lowest BCUT2D eigenvalue weighted by atomic mass is 9.98. The SMILES string of the molecule is C[C@H](CC(=O)N[C@H](CCO)C(=O)O)NC(=O)OCC1c2ccccc2-c2ccccc21. The zero-order valence-corrected chi connectivity index (χ0v) is 17.2. The number of hydrogen-bond donors (Lipinski definition) is 4. The third-order valence-corrected chi connectivity index (χ3v) is 5.25. The van der Waals surface area contributed by atoms with Gasteiger partial charge in [0.15, 0.2) is 0 Å². The molecule has 31 heavy (non-hydrogen) atoms. The van der Waals surface area contributed by atoms with Crippen molar-refractivity contribution in [2.45, 2.75) is 37.8 Å². The maximum absolute atomic E-state index is 12.3. The molecule has 8 nitrogen and oxygen atoms in total. The van der Waals surface area contributed by atoms with Gasteiger partial charge in [-0.05, 0) is 29.2 Å².